The molecule has 0 bridgehead atoms. The van der Waals surface area contributed by atoms with Crippen molar-refractivity contribution in [2.45, 2.75) is 0 Å². The highest BCUT2D eigenvalue weighted by Crippen LogP contribution is 2.29. The highest BCUT2D eigenvalue weighted by molar-refractivity contribution is 9.10. The number of anilines is 1. The van der Waals surface area contributed by atoms with E-state index in [9.17, 15) is 25.0 Å². The average molecular weight is 401 g/mol. The molecule has 0 aromatic heterocycles. The van der Waals surface area contributed by atoms with Gasteiger partial charge in [-0.05, 0) is 28.1 Å². The molecule has 23 heavy (non-hydrogen) atoms. The van der Waals surface area contributed by atoms with E-state index in [1.807, 2.05) is 0 Å². The monoisotopic (exact) mass is 399 g/mol. The molecule has 0 spiro atoms. The number of nitrogens with one attached hydrogen (secondary N) is 1. The third-order valence-electron chi connectivity index (χ3n) is 2.82. The second-order valence-electron chi connectivity index (χ2n) is 4.30. The van der Waals surface area contributed by atoms with Crippen molar-refractivity contribution in [2.75, 3.05) is 5.32 Å². The number of nitro benzene ring substituents is 2. The third kappa shape index (κ3) is 3.82. The number of nitro groups is 2. The number of benzene rings is 2. The number of hydrogen-bond donors (Lipinski definition) is 1. The summed E-state index contributed by atoms with van der Waals surface area (Å²) in [6, 6.07) is 7.30. The Hall–Kier alpha value is -2.52. The molecule has 0 heterocycles. The van der Waals surface area contributed by atoms with E-state index in [4.69, 9.17) is 11.6 Å². The molecule has 1 N–H and O–H groups in total. The number of amides is 1. The zero-order chi connectivity index (χ0) is 17.1. The van der Waals surface area contributed by atoms with E-state index in [1.54, 1.807) is 0 Å². The van der Waals surface area contributed by atoms with E-state index in [-0.39, 0.29) is 22.0 Å². The van der Waals surface area contributed by atoms with Crippen LogP contribution in [0.25, 0.3) is 0 Å². The maximum Gasteiger partial charge on any atom is 0.270 e. The fourth-order valence-corrected chi connectivity index (χ4v) is 2.44. The lowest BCUT2D eigenvalue weighted by Gasteiger charge is -2.08. The third-order valence-corrected chi connectivity index (χ3v) is 3.79. The predicted octanol–water partition coefficient (Wildman–Crippen LogP) is 4.17. The van der Waals surface area contributed by atoms with Crippen LogP contribution in [-0.2, 0) is 0 Å². The zero-order valence-corrected chi connectivity index (χ0v) is 13.5. The molecule has 2 rings (SSSR count). The van der Waals surface area contributed by atoms with E-state index in [0.717, 1.165) is 12.1 Å². The fourth-order valence-electron chi connectivity index (χ4n) is 1.71. The van der Waals surface area contributed by atoms with Crippen molar-refractivity contribution >= 4 is 50.5 Å². The van der Waals surface area contributed by atoms with Crippen LogP contribution in [0.4, 0.5) is 17.1 Å². The van der Waals surface area contributed by atoms with Gasteiger partial charge in [0.1, 0.15) is 0 Å². The van der Waals surface area contributed by atoms with Crippen molar-refractivity contribution in [3.05, 3.63) is 71.7 Å². The van der Waals surface area contributed by atoms with Crippen LogP contribution in [0.2, 0.25) is 5.02 Å². The number of non-ortho nitro benzene ring substituents is 2. The fraction of sp³-hybridized carbons (Fsp3) is 0. The van der Waals surface area contributed by atoms with Crippen LogP contribution in [-0.4, -0.2) is 15.8 Å². The van der Waals surface area contributed by atoms with Gasteiger partial charge in [-0.2, -0.15) is 0 Å². The molecule has 0 radical (unpaired) electrons. The van der Waals surface area contributed by atoms with Crippen LogP contribution >= 0.6 is 27.5 Å². The largest absolute Gasteiger partial charge is 0.321 e. The molecule has 0 aliphatic rings. The normalized spacial score (nSPS) is 10.2. The van der Waals surface area contributed by atoms with Gasteiger partial charge >= 0.3 is 0 Å². The summed E-state index contributed by atoms with van der Waals surface area (Å²) >= 11 is 9.00. The van der Waals surface area contributed by atoms with Crippen molar-refractivity contribution in [2.24, 2.45) is 0 Å². The Bertz CT molecular complexity index is 827. The van der Waals surface area contributed by atoms with E-state index in [2.05, 4.69) is 21.2 Å². The minimum absolute atomic E-state index is 0.0440. The molecule has 0 saturated carbocycles. The Labute approximate surface area is 142 Å². The average Bonchev–Trinajstić information content (AvgIpc) is 2.48. The Morgan fingerprint density at radius 3 is 2.13 bits per heavy atom. The van der Waals surface area contributed by atoms with Gasteiger partial charge in [0, 0.05) is 28.7 Å². The molecule has 2 aromatic rings. The number of rotatable bonds is 4. The molecule has 1 amide bonds. The van der Waals surface area contributed by atoms with Crippen molar-refractivity contribution in [1.82, 2.24) is 0 Å². The first kappa shape index (κ1) is 16.8. The Kier molecular flexibility index (Phi) is 4.92. The topological polar surface area (TPSA) is 115 Å². The molecule has 0 aliphatic carbocycles. The quantitative estimate of drug-likeness (QED) is 0.611. The first-order chi connectivity index (χ1) is 10.8. The second kappa shape index (κ2) is 6.71. The Morgan fingerprint density at radius 1 is 1.04 bits per heavy atom. The van der Waals surface area contributed by atoms with Gasteiger partial charge < -0.3 is 5.32 Å². The lowest BCUT2D eigenvalue weighted by molar-refractivity contribution is -0.385. The second-order valence-corrected chi connectivity index (χ2v) is 5.56. The van der Waals surface area contributed by atoms with Crippen molar-refractivity contribution < 1.29 is 14.6 Å². The van der Waals surface area contributed by atoms with Crippen molar-refractivity contribution in [1.29, 1.82) is 0 Å². The molecular formula is C13H7BrClN3O5. The Balaban J connectivity index is 2.26. The zero-order valence-electron chi connectivity index (χ0n) is 11.2. The smallest absolute Gasteiger partial charge is 0.270 e. The number of nitrogens with zero attached hydrogens (tertiary/aromatic N) is 2. The van der Waals surface area contributed by atoms with E-state index in [1.165, 1.54) is 24.3 Å². The molecular weight excluding hydrogens is 394 g/mol. The van der Waals surface area contributed by atoms with E-state index in [0.29, 0.717) is 10.2 Å². The molecule has 8 nitrogen and oxygen atoms in total. The predicted molar refractivity (Wildman–Crippen MR) is 86.9 cm³/mol. The van der Waals surface area contributed by atoms with Crippen LogP contribution in [0.15, 0.2) is 40.9 Å². The first-order valence-corrected chi connectivity index (χ1v) is 7.16. The molecule has 2 aromatic carbocycles. The van der Waals surface area contributed by atoms with Gasteiger partial charge in [0.15, 0.2) is 0 Å². The van der Waals surface area contributed by atoms with Crippen molar-refractivity contribution in [3.8, 4) is 0 Å². The summed E-state index contributed by atoms with van der Waals surface area (Å²) in [5, 5.41) is 23.8. The number of halogens is 2. The number of carbonyl (C=O) groups excluding carboxylic acids is 1. The van der Waals surface area contributed by atoms with Gasteiger partial charge in [-0.15, -0.1) is 0 Å². The van der Waals surface area contributed by atoms with Gasteiger partial charge in [-0.3, -0.25) is 25.0 Å². The highest BCUT2D eigenvalue weighted by Gasteiger charge is 2.17. The summed E-state index contributed by atoms with van der Waals surface area (Å²) in [7, 11) is 0. The van der Waals surface area contributed by atoms with E-state index < -0.39 is 15.8 Å². The van der Waals surface area contributed by atoms with Gasteiger partial charge in [0.25, 0.3) is 17.3 Å². The summed E-state index contributed by atoms with van der Waals surface area (Å²) in [6.07, 6.45) is 0. The SMILES string of the molecule is O=C(Nc1ccc([N+](=O)[O-])cc1Br)c1ccc([N+](=O)[O-])cc1Cl. The van der Waals surface area contributed by atoms with Crippen LogP contribution in [0, 0.1) is 20.2 Å². The van der Waals surface area contributed by atoms with Crippen LogP contribution in [0.3, 0.4) is 0 Å². The van der Waals surface area contributed by atoms with Crippen LogP contribution in [0.5, 0.6) is 0 Å². The summed E-state index contributed by atoms with van der Waals surface area (Å²) in [4.78, 5) is 32.3. The molecule has 0 atom stereocenters. The Morgan fingerprint density at radius 2 is 1.61 bits per heavy atom. The maximum atomic E-state index is 12.2. The van der Waals surface area contributed by atoms with Gasteiger partial charge in [-0.25, -0.2) is 0 Å². The summed E-state index contributed by atoms with van der Waals surface area (Å²) in [6.45, 7) is 0. The lowest BCUT2D eigenvalue weighted by Crippen LogP contribution is -2.13. The molecule has 10 heteroatoms. The summed E-state index contributed by atoms with van der Waals surface area (Å²) < 4.78 is 0.318. The standard InChI is InChI=1S/C13H7BrClN3O5/c14-10-5-7(17(20)21)2-4-12(10)16-13(19)9-3-1-8(18(22)23)6-11(9)15/h1-6H,(H,16,19). The molecule has 118 valence electrons. The van der Waals surface area contributed by atoms with Gasteiger partial charge in [0.2, 0.25) is 0 Å². The lowest BCUT2D eigenvalue weighted by atomic mass is 10.2. The van der Waals surface area contributed by atoms with Crippen LogP contribution < -0.4 is 5.32 Å². The first-order valence-electron chi connectivity index (χ1n) is 5.99. The van der Waals surface area contributed by atoms with Gasteiger partial charge in [-0.1, -0.05) is 11.6 Å². The van der Waals surface area contributed by atoms with E-state index >= 15 is 0 Å². The molecule has 0 saturated heterocycles. The van der Waals surface area contributed by atoms with Gasteiger partial charge in [0.05, 0.1) is 26.1 Å². The summed E-state index contributed by atoms with van der Waals surface area (Å²) in [5.41, 5.74) is -0.0242. The minimum Gasteiger partial charge on any atom is -0.321 e. The summed E-state index contributed by atoms with van der Waals surface area (Å²) in [5.74, 6) is -0.598. The minimum atomic E-state index is -0.625. The van der Waals surface area contributed by atoms with Crippen molar-refractivity contribution in [3.63, 3.8) is 0 Å². The molecule has 0 unspecified atom stereocenters. The number of hydrogen-bond acceptors (Lipinski definition) is 5. The molecule has 0 fully saturated rings. The highest BCUT2D eigenvalue weighted by atomic mass is 79.9. The number of carbonyl (C=O) groups is 1. The van der Waals surface area contributed by atoms with Crippen LogP contribution in [0.1, 0.15) is 10.4 Å². The maximum absolute atomic E-state index is 12.2. The molecule has 0 aliphatic heterocycles.